The molecule has 0 bridgehead atoms. The molecule has 1 aromatic heterocycles. The van der Waals surface area contributed by atoms with Crippen LogP contribution in [0.3, 0.4) is 0 Å². The summed E-state index contributed by atoms with van der Waals surface area (Å²) in [4.78, 5) is 21.6. The van der Waals surface area contributed by atoms with Crippen molar-refractivity contribution in [3.05, 3.63) is 22.2 Å². The number of aromatic nitrogens is 2. The normalized spacial score (nSPS) is 27.8. The molecule has 1 saturated heterocycles. The van der Waals surface area contributed by atoms with Crippen LogP contribution in [0.5, 0.6) is 0 Å². The lowest BCUT2D eigenvalue weighted by Gasteiger charge is -2.42. The van der Waals surface area contributed by atoms with Gasteiger partial charge in [0.25, 0.3) is 5.56 Å². The maximum Gasteiger partial charge on any atom is 0.291 e. The molecule has 6 nitrogen and oxygen atoms in total. The van der Waals surface area contributed by atoms with Gasteiger partial charge < -0.3 is 20.7 Å². The molecule has 1 aromatic rings. The Balaban J connectivity index is 1.73. The minimum Gasteiger partial charge on any atom is -0.393 e. The van der Waals surface area contributed by atoms with Crippen molar-refractivity contribution in [1.29, 1.82) is 0 Å². The van der Waals surface area contributed by atoms with Crippen molar-refractivity contribution >= 4 is 5.82 Å². The van der Waals surface area contributed by atoms with Crippen molar-refractivity contribution in [2.24, 2.45) is 11.1 Å². The molecule has 122 valence electrons. The Morgan fingerprint density at radius 2 is 2.14 bits per heavy atom. The number of hydrogen-bond donors (Lipinski definition) is 3. The van der Waals surface area contributed by atoms with E-state index >= 15 is 0 Å². The molecule has 0 amide bonds. The van der Waals surface area contributed by atoms with E-state index in [2.05, 4.69) is 9.97 Å². The van der Waals surface area contributed by atoms with Crippen LogP contribution in [0.25, 0.3) is 0 Å². The third-order valence-corrected chi connectivity index (χ3v) is 5.42. The average Bonchev–Trinajstić information content (AvgIpc) is 2.74. The number of nitrogens with two attached hydrogens (primary N) is 1. The third kappa shape index (κ3) is 2.65. The van der Waals surface area contributed by atoms with Crippen LogP contribution >= 0.6 is 0 Å². The van der Waals surface area contributed by atoms with E-state index < -0.39 is 0 Å². The minimum absolute atomic E-state index is 0.0422. The van der Waals surface area contributed by atoms with Gasteiger partial charge in [0.1, 0.15) is 0 Å². The first-order valence-electron chi connectivity index (χ1n) is 8.19. The summed E-state index contributed by atoms with van der Waals surface area (Å²) in [5.41, 5.74) is 7.03. The lowest BCUT2D eigenvalue weighted by atomic mass is 9.74. The number of aromatic amines is 1. The molecule has 1 aliphatic carbocycles. The van der Waals surface area contributed by atoms with Crippen molar-refractivity contribution in [2.75, 3.05) is 18.0 Å². The smallest absolute Gasteiger partial charge is 0.291 e. The van der Waals surface area contributed by atoms with Gasteiger partial charge in [0.05, 0.1) is 6.10 Å². The second kappa shape index (κ2) is 5.66. The van der Waals surface area contributed by atoms with Gasteiger partial charge in [-0.15, -0.1) is 0 Å². The van der Waals surface area contributed by atoms with Gasteiger partial charge in [0.15, 0.2) is 5.82 Å². The van der Waals surface area contributed by atoms with Crippen molar-refractivity contribution in [3.63, 3.8) is 0 Å². The number of aliphatic hydroxyl groups excluding tert-OH is 1. The Morgan fingerprint density at radius 3 is 2.64 bits per heavy atom. The fourth-order valence-electron chi connectivity index (χ4n) is 3.91. The predicted octanol–water partition coefficient (Wildman–Crippen LogP) is 0.962. The summed E-state index contributed by atoms with van der Waals surface area (Å²) < 4.78 is 0. The zero-order valence-electron chi connectivity index (χ0n) is 13.4. The summed E-state index contributed by atoms with van der Waals surface area (Å²) in [6, 6.07) is 0.0687. The van der Waals surface area contributed by atoms with Crippen LogP contribution in [-0.2, 0) is 0 Å². The van der Waals surface area contributed by atoms with E-state index in [1.54, 1.807) is 6.20 Å². The molecule has 22 heavy (non-hydrogen) atoms. The van der Waals surface area contributed by atoms with E-state index in [0.717, 1.165) is 38.0 Å². The van der Waals surface area contributed by atoms with E-state index in [0.29, 0.717) is 12.2 Å². The fraction of sp³-hybridized carbons (Fsp3) is 0.750. The first-order valence-corrected chi connectivity index (χ1v) is 8.19. The largest absolute Gasteiger partial charge is 0.393 e. The summed E-state index contributed by atoms with van der Waals surface area (Å²) in [7, 11) is 0. The quantitative estimate of drug-likeness (QED) is 0.756. The molecule has 2 heterocycles. The summed E-state index contributed by atoms with van der Waals surface area (Å²) in [5, 5.41) is 9.87. The molecular formula is C16H26N4O2. The molecule has 0 radical (unpaired) electrons. The van der Waals surface area contributed by atoms with Gasteiger partial charge in [0, 0.05) is 31.0 Å². The zero-order chi connectivity index (χ0) is 15.9. The van der Waals surface area contributed by atoms with E-state index in [1.165, 1.54) is 0 Å². The zero-order valence-corrected chi connectivity index (χ0v) is 13.4. The average molecular weight is 306 g/mol. The van der Waals surface area contributed by atoms with E-state index in [9.17, 15) is 9.90 Å². The van der Waals surface area contributed by atoms with Gasteiger partial charge in [-0.05, 0) is 37.0 Å². The van der Waals surface area contributed by atoms with Crippen LogP contribution < -0.4 is 16.2 Å². The molecule has 4 N–H and O–H groups in total. The SMILES string of the molecule is CC(C)c1cnc(N2CCC3(CC2)C[C@H](O)C[C@H]3N)c(=O)[nH]1. The van der Waals surface area contributed by atoms with Crippen LogP contribution in [0, 0.1) is 5.41 Å². The molecule has 1 spiro atoms. The topological polar surface area (TPSA) is 95.2 Å². The predicted molar refractivity (Wildman–Crippen MR) is 86.0 cm³/mol. The molecule has 6 heteroatoms. The molecule has 3 rings (SSSR count). The molecule has 1 aliphatic heterocycles. The van der Waals surface area contributed by atoms with Crippen LogP contribution in [0.15, 0.2) is 11.0 Å². The van der Waals surface area contributed by atoms with Gasteiger partial charge in [0.2, 0.25) is 0 Å². The van der Waals surface area contributed by atoms with Crippen LogP contribution in [0.4, 0.5) is 5.82 Å². The summed E-state index contributed by atoms with van der Waals surface area (Å²) in [6.07, 6.45) is 4.81. The highest BCUT2D eigenvalue weighted by molar-refractivity contribution is 5.37. The van der Waals surface area contributed by atoms with E-state index in [1.807, 2.05) is 18.7 Å². The number of hydrogen-bond acceptors (Lipinski definition) is 5. The summed E-state index contributed by atoms with van der Waals surface area (Å²) >= 11 is 0. The van der Waals surface area contributed by atoms with Crippen molar-refractivity contribution in [1.82, 2.24) is 9.97 Å². The second-order valence-corrected chi connectivity index (χ2v) is 7.20. The van der Waals surface area contributed by atoms with Gasteiger partial charge in [-0.25, -0.2) is 4.98 Å². The maximum atomic E-state index is 12.2. The number of piperidine rings is 1. The summed E-state index contributed by atoms with van der Waals surface area (Å²) in [6.45, 7) is 5.61. The Morgan fingerprint density at radius 1 is 1.45 bits per heavy atom. The first kappa shape index (κ1) is 15.5. The third-order valence-electron chi connectivity index (χ3n) is 5.42. The van der Waals surface area contributed by atoms with Crippen LogP contribution in [0.1, 0.15) is 51.1 Å². The molecular weight excluding hydrogens is 280 g/mol. The molecule has 2 atom stereocenters. The van der Waals surface area contributed by atoms with Gasteiger partial charge >= 0.3 is 0 Å². The van der Waals surface area contributed by atoms with Crippen LogP contribution in [-0.4, -0.2) is 40.3 Å². The number of H-pyrrole nitrogens is 1. The molecule has 2 aliphatic rings. The highest BCUT2D eigenvalue weighted by Gasteiger charge is 2.46. The maximum absolute atomic E-state index is 12.2. The van der Waals surface area contributed by atoms with Gasteiger partial charge in [-0.1, -0.05) is 13.8 Å². The highest BCUT2D eigenvalue weighted by Crippen LogP contribution is 2.45. The Bertz CT molecular complexity index is 590. The van der Waals surface area contributed by atoms with E-state index in [-0.39, 0.29) is 29.0 Å². The molecule has 0 aromatic carbocycles. The summed E-state index contributed by atoms with van der Waals surface area (Å²) in [5.74, 6) is 0.767. The van der Waals surface area contributed by atoms with Crippen molar-refractivity contribution < 1.29 is 5.11 Å². The highest BCUT2D eigenvalue weighted by atomic mass is 16.3. The number of nitrogens with one attached hydrogen (secondary N) is 1. The second-order valence-electron chi connectivity index (χ2n) is 7.20. The lowest BCUT2D eigenvalue weighted by molar-refractivity contribution is 0.141. The van der Waals surface area contributed by atoms with Crippen LogP contribution in [0.2, 0.25) is 0 Å². The standard InChI is InChI=1S/C16H26N4O2/c1-10(2)12-9-18-14(15(22)19-12)20-5-3-16(4-6-20)8-11(21)7-13(16)17/h9-11,13,21H,3-8,17H2,1-2H3,(H,19,22)/t11-,13-/m1/s1. The van der Waals surface area contributed by atoms with Gasteiger partial charge in [-0.2, -0.15) is 0 Å². The first-order chi connectivity index (χ1) is 10.4. The molecule has 2 fully saturated rings. The molecule has 1 saturated carbocycles. The van der Waals surface area contributed by atoms with Crippen molar-refractivity contribution in [3.8, 4) is 0 Å². The number of anilines is 1. The Labute approximate surface area is 130 Å². The van der Waals surface area contributed by atoms with Gasteiger partial charge in [-0.3, -0.25) is 4.79 Å². The Kier molecular flexibility index (Phi) is 3.99. The number of aliphatic hydroxyl groups is 1. The lowest BCUT2D eigenvalue weighted by Crippen LogP contribution is -2.48. The number of nitrogens with zero attached hydrogens (tertiary/aromatic N) is 2. The Hall–Kier alpha value is -1.40. The number of rotatable bonds is 2. The van der Waals surface area contributed by atoms with Crippen molar-refractivity contribution in [2.45, 2.75) is 57.6 Å². The molecule has 0 unspecified atom stereocenters. The fourth-order valence-corrected chi connectivity index (χ4v) is 3.91. The monoisotopic (exact) mass is 306 g/mol. The van der Waals surface area contributed by atoms with E-state index in [4.69, 9.17) is 5.73 Å². The minimum atomic E-state index is -0.270.